The summed E-state index contributed by atoms with van der Waals surface area (Å²) in [6, 6.07) is 9.18. The standard InChI is InChI=1S/C22H27N5O4/c1-4-5-12-27-18-9-7-6-8-16(18)23-17(22(27)30)10-11-21(29)31-14-20(28)24-19-13-15(2)25-26(19)3/h6-9,13H,4-5,10-12,14H2,1-3H3,(H,24,28). The Hall–Kier alpha value is -3.49. The first-order chi connectivity index (χ1) is 14.9. The van der Waals surface area contributed by atoms with Crippen molar-refractivity contribution in [3.05, 3.63) is 52.1 Å². The Bertz CT molecular complexity index is 1150. The second kappa shape index (κ2) is 10.0. The molecular formula is C22H27N5O4. The maximum Gasteiger partial charge on any atom is 0.306 e. The van der Waals surface area contributed by atoms with Crippen molar-refractivity contribution in [1.29, 1.82) is 0 Å². The van der Waals surface area contributed by atoms with Crippen molar-refractivity contribution in [3.8, 4) is 0 Å². The van der Waals surface area contributed by atoms with Crippen LogP contribution in [0.15, 0.2) is 35.1 Å². The minimum absolute atomic E-state index is 0.0353. The number of aryl methyl sites for hydroxylation is 4. The Balaban J connectivity index is 1.60. The van der Waals surface area contributed by atoms with Crippen LogP contribution in [0.2, 0.25) is 0 Å². The molecule has 0 fully saturated rings. The van der Waals surface area contributed by atoms with E-state index in [2.05, 4.69) is 22.3 Å². The number of para-hydroxylation sites is 2. The van der Waals surface area contributed by atoms with Crippen molar-refractivity contribution >= 4 is 28.7 Å². The van der Waals surface area contributed by atoms with Gasteiger partial charge in [-0.05, 0) is 25.5 Å². The molecule has 0 unspecified atom stereocenters. The molecule has 0 bridgehead atoms. The van der Waals surface area contributed by atoms with Crippen LogP contribution in [-0.4, -0.2) is 37.8 Å². The summed E-state index contributed by atoms with van der Waals surface area (Å²) in [5.41, 5.74) is 2.40. The second-order valence-corrected chi connectivity index (χ2v) is 7.36. The van der Waals surface area contributed by atoms with Gasteiger partial charge in [0.2, 0.25) is 0 Å². The van der Waals surface area contributed by atoms with Gasteiger partial charge in [-0.25, -0.2) is 4.98 Å². The summed E-state index contributed by atoms with van der Waals surface area (Å²) in [5, 5.41) is 6.77. The number of esters is 1. The van der Waals surface area contributed by atoms with E-state index in [-0.39, 0.29) is 18.4 Å². The Labute approximate surface area is 180 Å². The molecule has 0 saturated carbocycles. The minimum atomic E-state index is -0.564. The van der Waals surface area contributed by atoms with E-state index in [0.29, 0.717) is 23.6 Å². The molecule has 1 amide bonds. The minimum Gasteiger partial charge on any atom is -0.456 e. The molecule has 9 heteroatoms. The van der Waals surface area contributed by atoms with Crippen molar-refractivity contribution < 1.29 is 14.3 Å². The molecule has 1 N–H and O–H groups in total. The Kier molecular flexibility index (Phi) is 7.17. The van der Waals surface area contributed by atoms with Crippen LogP contribution in [0.25, 0.3) is 11.0 Å². The number of carbonyl (C=O) groups excluding carboxylic acids is 2. The molecule has 31 heavy (non-hydrogen) atoms. The van der Waals surface area contributed by atoms with Crippen molar-refractivity contribution in [1.82, 2.24) is 19.3 Å². The van der Waals surface area contributed by atoms with Gasteiger partial charge in [0.1, 0.15) is 11.5 Å². The van der Waals surface area contributed by atoms with Crippen LogP contribution in [0.1, 0.15) is 37.6 Å². The normalized spacial score (nSPS) is 10.9. The summed E-state index contributed by atoms with van der Waals surface area (Å²) >= 11 is 0. The summed E-state index contributed by atoms with van der Waals surface area (Å²) < 4.78 is 8.30. The number of hydrogen-bond donors (Lipinski definition) is 1. The van der Waals surface area contributed by atoms with Crippen LogP contribution in [0.5, 0.6) is 0 Å². The lowest BCUT2D eigenvalue weighted by molar-refractivity contribution is -0.147. The lowest BCUT2D eigenvalue weighted by Gasteiger charge is -2.12. The van der Waals surface area contributed by atoms with E-state index >= 15 is 0 Å². The Morgan fingerprint density at radius 3 is 2.71 bits per heavy atom. The molecule has 164 valence electrons. The lowest BCUT2D eigenvalue weighted by Crippen LogP contribution is -2.27. The van der Waals surface area contributed by atoms with E-state index in [1.807, 2.05) is 31.2 Å². The van der Waals surface area contributed by atoms with Crippen LogP contribution < -0.4 is 10.9 Å². The summed E-state index contributed by atoms with van der Waals surface area (Å²) in [5.74, 6) is -0.501. The number of nitrogens with one attached hydrogen (secondary N) is 1. The first kappa shape index (κ1) is 22.2. The number of hydrogen-bond acceptors (Lipinski definition) is 6. The molecule has 2 heterocycles. The number of carbonyl (C=O) groups is 2. The van der Waals surface area contributed by atoms with E-state index in [4.69, 9.17) is 4.74 Å². The number of amides is 1. The summed E-state index contributed by atoms with van der Waals surface area (Å²) in [6.07, 6.45) is 1.95. The van der Waals surface area contributed by atoms with Gasteiger partial charge in [-0.15, -0.1) is 0 Å². The van der Waals surface area contributed by atoms with Gasteiger partial charge in [0, 0.05) is 26.1 Å². The average Bonchev–Trinajstić information content (AvgIpc) is 3.06. The Morgan fingerprint density at radius 2 is 2.00 bits per heavy atom. The summed E-state index contributed by atoms with van der Waals surface area (Å²) in [7, 11) is 1.71. The highest BCUT2D eigenvalue weighted by Gasteiger charge is 2.14. The number of rotatable bonds is 9. The van der Waals surface area contributed by atoms with Crippen molar-refractivity contribution in [2.24, 2.45) is 7.05 Å². The topological polar surface area (TPSA) is 108 Å². The van der Waals surface area contributed by atoms with E-state index < -0.39 is 18.5 Å². The zero-order valence-electron chi connectivity index (χ0n) is 18.1. The zero-order chi connectivity index (χ0) is 22.4. The smallest absolute Gasteiger partial charge is 0.306 e. The number of fused-ring (bicyclic) bond motifs is 1. The average molecular weight is 425 g/mol. The van der Waals surface area contributed by atoms with E-state index in [1.165, 1.54) is 4.68 Å². The molecule has 0 radical (unpaired) electrons. The third-order valence-corrected chi connectivity index (χ3v) is 4.85. The highest BCUT2D eigenvalue weighted by atomic mass is 16.5. The van der Waals surface area contributed by atoms with Crippen LogP contribution in [-0.2, 0) is 34.3 Å². The second-order valence-electron chi connectivity index (χ2n) is 7.36. The molecule has 0 aliphatic rings. The van der Waals surface area contributed by atoms with E-state index in [9.17, 15) is 14.4 Å². The highest BCUT2D eigenvalue weighted by molar-refractivity contribution is 5.92. The number of benzene rings is 1. The lowest BCUT2D eigenvalue weighted by atomic mass is 10.2. The number of anilines is 1. The fraction of sp³-hybridized carbons (Fsp3) is 0.409. The van der Waals surface area contributed by atoms with Crippen LogP contribution in [0, 0.1) is 6.92 Å². The Morgan fingerprint density at radius 1 is 1.23 bits per heavy atom. The predicted octanol–water partition coefficient (Wildman–Crippen LogP) is 2.35. The van der Waals surface area contributed by atoms with Crippen molar-refractivity contribution in [3.63, 3.8) is 0 Å². The fourth-order valence-corrected chi connectivity index (χ4v) is 3.29. The van der Waals surface area contributed by atoms with Gasteiger partial charge < -0.3 is 14.6 Å². The predicted molar refractivity (Wildman–Crippen MR) is 117 cm³/mol. The summed E-state index contributed by atoms with van der Waals surface area (Å²) in [6.45, 7) is 4.07. The van der Waals surface area contributed by atoms with Gasteiger partial charge >= 0.3 is 5.97 Å². The number of unbranched alkanes of at least 4 members (excludes halogenated alkanes) is 1. The maximum absolute atomic E-state index is 12.9. The molecule has 3 rings (SSSR count). The summed E-state index contributed by atoms with van der Waals surface area (Å²) in [4.78, 5) is 41.5. The van der Waals surface area contributed by atoms with Gasteiger partial charge in [0.05, 0.1) is 23.1 Å². The van der Waals surface area contributed by atoms with Crippen molar-refractivity contribution in [2.45, 2.75) is 46.1 Å². The molecule has 2 aromatic heterocycles. The SMILES string of the molecule is CCCCn1c(=O)c(CCC(=O)OCC(=O)Nc2cc(C)nn2C)nc2ccccc21. The molecule has 9 nitrogen and oxygen atoms in total. The van der Waals surface area contributed by atoms with Gasteiger partial charge in [0.15, 0.2) is 6.61 Å². The molecule has 0 aliphatic carbocycles. The van der Waals surface area contributed by atoms with E-state index in [0.717, 1.165) is 24.1 Å². The number of aromatic nitrogens is 4. The van der Waals surface area contributed by atoms with Gasteiger partial charge in [0.25, 0.3) is 11.5 Å². The quantitative estimate of drug-likeness (QED) is 0.527. The van der Waals surface area contributed by atoms with Crippen LogP contribution >= 0.6 is 0 Å². The largest absolute Gasteiger partial charge is 0.456 e. The van der Waals surface area contributed by atoms with E-state index in [1.54, 1.807) is 17.7 Å². The first-order valence-corrected chi connectivity index (χ1v) is 10.3. The molecular weight excluding hydrogens is 398 g/mol. The van der Waals surface area contributed by atoms with Gasteiger partial charge in [-0.3, -0.25) is 19.1 Å². The molecule has 0 saturated heterocycles. The monoisotopic (exact) mass is 425 g/mol. The first-order valence-electron chi connectivity index (χ1n) is 10.3. The molecule has 0 atom stereocenters. The van der Waals surface area contributed by atoms with Gasteiger partial charge in [-0.2, -0.15) is 5.10 Å². The molecule has 0 spiro atoms. The third kappa shape index (κ3) is 5.56. The zero-order valence-corrected chi connectivity index (χ0v) is 18.1. The van der Waals surface area contributed by atoms with Crippen LogP contribution in [0.3, 0.4) is 0 Å². The highest BCUT2D eigenvalue weighted by Crippen LogP contribution is 2.12. The molecule has 1 aromatic carbocycles. The number of nitrogens with zero attached hydrogens (tertiary/aromatic N) is 4. The maximum atomic E-state index is 12.9. The number of ether oxygens (including phenoxy) is 1. The van der Waals surface area contributed by atoms with Crippen LogP contribution in [0.4, 0.5) is 5.82 Å². The van der Waals surface area contributed by atoms with Crippen molar-refractivity contribution in [2.75, 3.05) is 11.9 Å². The molecule has 3 aromatic rings. The third-order valence-electron chi connectivity index (χ3n) is 4.85. The van der Waals surface area contributed by atoms with Gasteiger partial charge in [-0.1, -0.05) is 25.5 Å². The fourth-order valence-electron chi connectivity index (χ4n) is 3.29. The molecule has 0 aliphatic heterocycles.